The number of hydrogen-bond acceptors (Lipinski definition) is 6. The molecule has 1 amide bonds. The molecular weight excluding hydrogens is 439 g/mol. The summed E-state index contributed by atoms with van der Waals surface area (Å²) < 4.78 is 44.7. The molecule has 1 atom stereocenters. The minimum absolute atomic E-state index is 0.128. The van der Waals surface area contributed by atoms with E-state index >= 15 is 0 Å². The minimum atomic E-state index is -4.53. The van der Waals surface area contributed by atoms with Gasteiger partial charge >= 0.3 is 12.2 Å². The Labute approximate surface area is 186 Å². The number of aromatic amines is 1. The van der Waals surface area contributed by atoms with Gasteiger partial charge in [-0.3, -0.25) is 9.48 Å². The summed E-state index contributed by atoms with van der Waals surface area (Å²) in [5, 5.41) is 7.59. The van der Waals surface area contributed by atoms with E-state index in [1.165, 1.54) is 12.4 Å². The maximum atomic E-state index is 12.7. The maximum absolute atomic E-state index is 12.7. The number of aromatic nitrogens is 6. The van der Waals surface area contributed by atoms with Crippen molar-refractivity contribution in [1.29, 1.82) is 0 Å². The van der Waals surface area contributed by atoms with Gasteiger partial charge in [-0.2, -0.15) is 23.3 Å². The smallest absolute Gasteiger partial charge is 0.425 e. The molecule has 172 valence electrons. The van der Waals surface area contributed by atoms with Crippen molar-refractivity contribution >= 4 is 22.6 Å². The van der Waals surface area contributed by atoms with Crippen LogP contribution >= 0.6 is 0 Å². The molecule has 0 saturated carbocycles. The van der Waals surface area contributed by atoms with Gasteiger partial charge < -0.3 is 15.0 Å². The number of nitrogens with one attached hydrogen (secondary N) is 2. The van der Waals surface area contributed by atoms with E-state index in [0.717, 1.165) is 12.3 Å². The largest absolute Gasteiger partial charge is 0.451 e. The first-order valence-corrected chi connectivity index (χ1v) is 10.0. The van der Waals surface area contributed by atoms with Crippen LogP contribution in [-0.2, 0) is 0 Å². The molecule has 0 aliphatic carbocycles. The molecule has 2 N–H and O–H groups in total. The minimum Gasteiger partial charge on any atom is -0.451 e. The van der Waals surface area contributed by atoms with E-state index in [4.69, 9.17) is 4.74 Å². The normalized spacial score (nSPS) is 12.8. The molecule has 0 radical (unpaired) electrons. The van der Waals surface area contributed by atoms with E-state index in [2.05, 4.69) is 30.4 Å². The number of hydrogen-bond donors (Lipinski definition) is 2. The number of nitrogens with zero attached hydrogens (tertiary/aromatic N) is 5. The first-order valence-electron chi connectivity index (χ1n) is 10.0. The summed E-state index contributed by atoms with van der Waals surface area (Å²) in [5.41, 5.74) is 1.93. The summed E-state index contributed by atoms with van der Waals surface area (Å²) in [5.74, 6) is -0.0270. The van der Waals surface area contributed by atoms with Gasteiger partial charge in [-0.05, 0) is 32.9 Å². The van der Waals surface area contributed by atoms with Crippen LogP contribution in [0, 0.1) is 0 Å². The Kier molecular flexibility index (Phi) is 5.75. The molecule has 4 heterocycles. The fraction of sp³-hybridized carbons (Fsp3) is 0.286. The highest BCUT2D eigenvalue weighted by atomic mass is 19.4. The van der Waals surface area contributed by atoms with Crippen LogP contribution in [0.15, 0.2) is 43.0 Å². The van der Waals surface area contributed by atoms with E-state index in [-0.39, 0.29) is 18.0 Å². The number of H-pyrrole nitrogens is 1. The van der Waals surface area contributed by atoms with Crippen LogP contribution in [0.4, 0.5) is 19.0 Å². The first-order chi connectivity index (χ1) is 15.6. The van der Waals surface area contributed by atoms with E-state index in [1.54, 1.807) is 35.3 Å². The molecule has 4 aromatic rings. The monoisotopic (exact) mass is 459 g/mol. The first kappa shape index (κ1) is 22.2. The van der Waals surface area contributed by atoms with Gasteiger partial charge in [0.25, 0.3) is 5.91 Å². The van der Waals surface area contributed by atoms with Crippen molar-refractivity contribution in [3.8, 4) is 17.4 Å². The molecule has 0 aliphatic heterocycles. The Bertz CT molecular complexity index is 1300. The number of fused-ring (bicyclic) bond motifs is 1. The van der Waals surface area contributed by atoms with Crippen molar-refractivity contribution in [1.82, 2.24) is 29.7 Å². The van der Waals surface area contributed by atoms with Gasteiger partial charge in [0.05, 0.1) is 28.7 Å². The third kappa shape index (κ3) is 4.94. The number of ether oxygens (including phenoxy) is 1. The second-order valence-corrected chi connectivity index (χ2v) is 7.62. The molecular formula is C21H20F3N7O2. The van der Waals surface area contributed by atoms with Gasteiger partial charge in [-0.1, -0.05) is 0 Å². The van der Waals surface area contributed by atoms with Crippen LogP contribution in [-0.4, -0.2) is 47.9 Å². The highest BCUT2D eigenvalue weighted by Gasteiger charge is 2.38. The van der Waals surface area contributed by atoms with Crippen LogP contribution in [0.5, 0.6) is 6.01 Å². The number of carbonyl (C=O) groups is 1. The predicted molar refractivity (Wildman–Crippen MR) is 114 cm³/mol. The highest BCUT2D eigenvalue weighted by Crippen LogP contribution is 2.27. The third-order valence-electron chi connectivity index (χ3n) is 4.79. The van der Waals surface area contributed by atoms with Gasteiger partial charge in [0.1, 0.15) is 5.82 Å². The fourth-order valence-corrected chi connectivity index (χ4v) is 2.93. The molecule has 4 rings (SSSR count). The van der Waals surface area contributed by atoms with Crippen molar-refractivity contribution in [2.24, 2.45) is 0 Å². The molecule has 0 bridgehead atoms. The number of rotatable bonds is 6. The predicted octanol–water partition coefficient (Wildman–Crippen LogP) is 4.38. The SMILES string of the molecule is CC(C)n1cc(C(=O)Nc2cc3[nH]c(-c4ccnc(OC(C)C(F)(F)F)n4)cc3cn2)cn1. The number of halogens is 3. The van der Waals surface area contributed by atoms with E-state index in [0.29, 0.717) is 28.3 Å². The number of alkyl halides is 3. The summed E-state index contributed by atoms with van der Waals surface area (Å²) >= 11 is 0. The molecule has 9 nitrogen and oxygen atoms in total. The van der Waals surface area contributed by atoms with Crippen LogP contribution in [0.3, 0.4) is 0 Å². The lowest BCUT2D eigenvalue weighted by Crippen LogP contribution is -2.31. The molecule has 12 heteroatoms. The number of carbonyl (C=O) groups excluding carboxylic acids is 1. The van der Waals surface area contributed by atoms with Crippen molar-refractivity contribution in [2.45, 2.75) is 39.1 Å². The number of amides is 1. The molecule has 0 fully saturated rings. The molecule has 0 spiro atoms. The van der Waals surface area contributed by atoms with Gasteiger partial charge in [0, 0.05) is 36.1 Å². The Morgan fingerprint density at radius 1 is 1.18 bits per heavy atom. The zero-order valence-corrected chi connectivity index (χ0v) is 17.9. The summed E-state index contributed by atoms with van der Waals surface area (Å²) in [6, 6.07) is 4.67. The average molecular weight is 459 g/mol. The Morgan fingerprint density at radius 3 is 2.67 bits per heavy atom. The van der Waals surface area contributed by atoms with Gasteiger partial charge in [-0.25, -0.2) is 9.97 Å². The van der Waals surface area contributed by atoms with Crippen molar-refractivity contribution in [3.05, 3.63) is 48.5 Å². The van der Waals surface area contributed by atoms with Crippen molar-refractivity contribution in [3.63, 3.8) is 0 Å². The van der Waals surface area contributed by atoms with E-state index < -0.39 is 12.3 Å². The molecule has 1 unspecified atom stereocenters. The molecule has 0 aliphatic rings. The van der Waals surface area contributed by atoms with Crippen molar-refractivity contribution < 1.29 is 22.7 Å². The standard InChI is InChI=1S/C21H20F3N7O2/c1-11(2)31-10-14(9-27-31)19(32)30-18-7-16-13(8-26-18)6-17(28-16)15-4-5-25-20(29-15)33-12(3)21(22,23)24/h4-12,28H,1-3H3,(H,26,30,32). The quantitative estimate of drug-likeness (QED) is 0.443. The lowest BCUT2D eigenvalue weighted by molar-refractivity contribution is -0.190. The van der Waals surface area contributed by atoms with Gasteiger partial charge in [-0.15, -0.1) is 0 Å². The zero-order valence-electron chi connectivity index (χ0n) is 17.9. The molecule has 4 aromatic heterocycles. The Morgan fingerprint density at radius 2 is 1.97 bits per heavy atom. The second-order valence-electron chi connectivity index (χ2n) is 7.62. The number of pyridine rings is 1. The zero-order chi connectivity index (χ0) is 23.8. The molecule has 0 aromatic carbocycles. The second kappa shape index (κ2) is 8.52. The van der Waals surface area contributed by atoms with Crippen LogP contribution in [0.25, 0.3) is 22.3 Å². The van der Waals surface area contributed by atoms with Crippen LogP contribution in [0.2, 0.25) is 0 Å². The van der Waals surface area contributed by atoms with Gasteiger partial charge in [0.2, 0.25) is 0 Å². The fourth-order valence-electron chi connectivity index (χ4n) is 2.93. The summed E-state index contributed by atoms with van der Waals surface area (Å²) in [6.07, 6.45) is -0.561. The van der Waals surface area contributed by atoms with Crippen LogP contribution in [0.1, 0.15) is 37.2 Å². The maximum Gasteiger partial charge on any atom is 0.425 e. The summed E-state index contributed by atoms with van der Waals surface area (Å²) in [4.78, 5) is 27.6. The summed E-state index contributed by atoms with van der Waals surface area (Å²) in [6.45, 7) is 4.79. The molecule has 33 heavy (non-hydrogen) atoms. The van der Waals surface area contributed by atoms with Gasteiger partial charge in [0.15, 0.2) is 6.10 Å². The number of anilines is 1. The van der Waals surface area contributed by atoms with E-state index in [1.807, 2.05) is 13.8 Å². The summed E-state index contributed by atoms with van der Waals surface area (Å²) in [7, 11) is 0. The lowest BCUT2D eigenvalue weighted by atomic mass is 10.2. The highest BCUT2D eigenvalue weighted by molar-refractivity contribution is 6.04. The molecule has 0 saturated heterocycles. The van der Waals surface area contributed by atoms with E-state index in [9.17, 15) is 18.0 Å². The Hall–Kier alpha value is -3.96. The average Bonchev–Trinajstić information content (AvgIpc) is 3.40. The van der Waals surface area contributed by atoms with Crippen molar-refractivity contribution in [2.75, 3.05) is 5.32 Å². The lowest BCUT2D eigenvalue weighted by Gasteiger charge is -2.16. The third-order valence-corrected chi connectivity index (χ3v) is 4.79. The van der Waals surface area contributed by atoms with Crippen LogP contribution < -0.4 is 10.1 Å². The topological polar surface area (TPSA) is 111 Å². The Balaban J connectivity index is 1.53.